The number of fused-ring (bicyclic) bond motifs is 1. The molecular formula is C26H34N4O3. The minimum absolute atomic E-state index is 0.0701. The van der Waals surface area contributed by atoms with E-state index in [4.69, 9.17) is 0 Å². The van der Waals surface area contributed by atoms with Gasteiger partial charge in [0, 0.05) is 23.9 Å². The number of carbonyl (C=O) groups is 3. The van der Waals surface area contributed by atoms with Crippen LogP contribution >= 0.6 is 0 Å². The van der Waals surface area contributed by atoms with Gasteiger partial charge in [0.25, 0.3) is 5.91 Å². The number of carbonyl (C=O) groups excluding carboxylic acids is 3. The van der Waals surface area contributed by atoms with Crippen molar-refractivity contribution >= 4 is 23.3 Å². The van der Waals surface area contributed by atoms with Crippen molar-refractivity contribution in [2.24, 2.45) is 11.3 Å². The highest BCUT2D eigenvalue weighted by molar-refractivity contribution is 6.06. The summed E-state index contributed by atoms with van der Waals surface area (Å²) in [6.07, 6.45) is 7.45. The van der Waals surface area contributed by atoms with Crippen molar-refractivity contribution in [3.63, 3.8) is 0 Å². The second-order valence-corrected chi connectivity index (χ2v) is 10.3. The molecule has 0 saturated heterocycles. The monoisotopic (exact) mass is 450 g/mol. The molecule has 0 aromatic carbocycles. The van der Waals surface area contributed by atoms with Crippen LogP contribution in [0.3, 0.4) is 0 Å². The summed E-state index contributed by atoms with van der Waals surface area (Å²) < 4.78 is 0. The molecular weight excluding hydrogens is 416 g/mol. The summed E-state index contributed by atoms with van der Waals surface area (Å²) >= 11 is 0. The lowest BCUT2D eigenvalue weighted by molar-refractivity contribution is -0.118. The smallest absolute Gasteiger partial charge is 0.268 e. The summed E-state index contributed by atoms with van der Waals surface area (Å²) in [6.45, 7) is 7.92. The third-order valence-electron chi connectivity index (χ3n) is 6.79. The summed E-state index contributed by atoms with van der Waals surface area (Å²) in [4.78, 5) is 46.7. The number of nitrogens with zero attached hydrogens (tertiary/aromatic N) is 1. The fraction of sp³-hybridized carbons (Fsp3) is 0.538. The maximum Gasteiger partial charge on any atom is 0.268 e. The maximum absolute atomic E-state index is 13.3. The van der Waals surface area contributed by atoms with E-state index in [1.54, 1.807) is 12.3 Å². The number of rotatable bonds is 8. The quantitative estimate of drug-likeness (QED) is 0.556. The molecule has 2 aliphatic rings. The van der Waals surface area contributed by atoms with Crippen LogP contribution in [0.5, 0.6) is 0 Å². The summed E-state index contributed by atoms with van der Waals surface area (Å²) in [6, 6.07) is 2.97. The number of anilines is 1. The Morgan fingerprint density at radius 1 is 1.27 bits per heavy atom. The van der Waals surface area contributed by atoms with Crippen LogP contribution in [0.4, 0.5) is 5.69 Å². The Morgan fingerprint density at radius 2 is 2.03 bits per heavy atom. The van der Waals surface area contributed by atoms with Crippen molar-refractivity contribution in [3.05, 3.63) is 46.5 Å². The molecule has 0 aliphatic heterocycles. The van der Waals surface area contributed by atoms with Gasteiger partial charge < -0.3 is 15.6 Å². The Bertz CT molecular complexity index is 1080. The van der Waals surface area contributed by atoms with Crippen LogP contribution < -0.4 is 10.6 Å². The first-order chi connectivity index (χ1) is 15.7. The zero-order valence-electron chi connectivity index (χ0n) is 20.0. The minimum Gasteiger partial charge on any atom is -0.354 e. The van der Waals surface area contributed by atoms with E-state index in [2.05, 4.69) is 34.4 Å². The molecule has 2 aromatic rings. The Balaban J connectivity index is 1.53. The zero-order chi connectivity index (χ0) is 23.8. The van der Waals surface area contributed by atoms with E-state index < -0.39 is 6.04 Å². The van der Waals surface area contributed by atoms with E-state index in [1.165, 1.54) is 12.8 Å². The lowest BCUT2D eigenvalue weighted by atomic mass is 9.75. The first-order valence-electron chi connectivity index (χ1n) is 12.0. The Morgan fingerprint density at radius 3 is 2.73 bits per heavy atom. The van der Waals surface area contributed by atoms with Crippen molar-refractivity contribution in [3.8, 4) is 0 Å². The summed E-state index contributed by atoms with van der Waals surface area (Å²) in [5, 5.41) is 5.91. The number of aryl methyl sites for hydroxylation is 1. The minimum atomic E-state index is -0.658. The fourth-order valence-corrected chi connectivity index (χ4v) is 4.82. The summed E-state index contributed by atoms with van der Waals surface area (Å²) in [5.74, 6) is 0.130. The normalized spacial score (nSPS) is 17.9. The Kier molecular flexibility index (Phi) is 6.41. The van der Waals surface area contributed by atoms with E-state index in [1.807, 2.05) is 19.9 Å². The molecule has 1 atom stereocenters. The molecule has 0 bridgehead atoms. The van der Waals surface area contributed by atoms with Gasteiger partial charge in [-0.25, -0.2) is 0 Å². The molecule has 7 heteroatoms. The molecule has 4 rings (SSSR count). The molecule has 0 spiro atoms. The van der Waals surface area contributed by atoms with E-state index in [0.717, 1.165) is 17.8 Å². The first kappa shape index (κ1) is 23.2. The largest absolute Gasteiger partial charge is 0.354 e. The second kappa shape index (κ2) is 9.12. The van der Waals surface area contributed by atoms with Crippen molar-refractivity contribution < 1.29 is 14.4 Å². The van der Waals surface area contributed by atoms with Crippen LogP contribution in [-0.2, 0) is 17.6 Å². The number of Topliss-reactive ketones (excluding diaryl/α,β-unsaturated/α-hetero) is 1. The molecule has 1 fully saturated rings. The van der Waals surface area contributed by atoms with Crippen molar-refractivity contribution in [2.75, 3.05) is 5.32 Å². The van der Waals surface area contributed by atoms with Gasteiger partial charge in [-0.05, 0) is 61.6 Å². The number of hydrogen-bond donors (Lipinski definition) is 3. The average Bonchev–Trinajstić information content (AvgIpc) is 3.52. The van der Waals surface area contributed by atoms with E-state index in [9.17, 15) is 14.4 Å². The lowest BCUT2D eigenvalue weighted by Gasteiger charge is -2.28. The van der Waals surface area contributed by atoms with Gasteiger partial charge in [-0.2, -0.15) is 0 Å². The van der Waals surface area contributed by atoms with Gasteiger partial charge in [0.15, 0.2) is 5.78 Å². The number of amides is 2. The fourth-order valence-electron chi connectivity index (χ4n) is 4.82. The predicted octanol–water partition coefficient (Wildman–Crippen LogP) is 4.36. The molecule has 2 aliphatic carbocycles. The van der Waals surface area contributed by atoms with Crippen LogP contribution in [0.1, 0.15) is 90.7 Å². The van der Waals surface area contributed by atoms with Gasteiger partial charge in [0.05, 0.1) is 11.4 Å². The molecule has 33 heavy (non-hydrogen) atoms. The summed E-state index contributed by atoms with van der Waals surface area (Å²) in [7, 11) is 0. The first-order valence-corrected chi connectivity index (χ1v) is 12.0. The topological polar surface area (TPSA) is 104 Å². The molecule has 2 heterocycles. The lowest BCUT2D eigenvalue weighted by Crippen LogP contribution is -2.44. The zero-order valence-corrected chi connectivity index (χ0v) is 20.0. The van der Waals surface area contributed by atoms with E-state index in [-0.39, 0.29) is 23.0 Å². The molecule has 2 aromatic heterocycles. The van der Waals surface area contributed by atoms with Gasteiger partial charge in [-0.1, -0.05) is 33.6 Å². The number of H-pyrrole nitrogens is 1. The molecule has 1 unspecified atom stereocenters. The second-order valence-electron chi connectivity index (χ2n) is 10.3. The SMILES string of the molecule is CCc1ncccc1NC(=O)C(CCC1CC1)NC(=O)c1[nH]c2c(c1C)C(=O)CC(C)(C)C2. The third kappa shape index (κ3) is 5.18. The van der Waals surface area contributed by atoms with Crippen LogP contribution in [0.2, 0.25) is 0 Å². The number of nitrogens with one attached hydrogen (secondary N) is 3. The molecule has 1 saturated carbocycles. The van der Waals surface area contributed by atoms with Gasteiger partial charge in [0.1, 0.15) is 11.7 Å². The van der Waals surface area contributed by atoms with E-state index >= 15 is 0 Å². The van der Waals surface area contributed by atoms with Crippen molar-refractivity contribution in [1.29, 1.82) is 0 Å². The molecule has 0 radical (unpaired) electrons. The Hall–Kier alpha value is -2.96. The van der Waals surface area contributed by atoms with Crippen molar-refractivity contribution in [1.82, 2.24) is 15.3 Å². The highest BCUT2D eigenvalue weighted by Crippen LogP contribution is 2.37. The average molecular weight is 451 g/mol. The predicted molar refractivity (Wildman–Crippen MR) is 127 cm³/mol. The Labute approximate surface area is 195 Å². The van der Waals surface area contributed by atoms with Crippen LogP contribution in [0.25, 0.3) is 0 Å². The highest BCUT2D eigenvalue weighted by atomic mass is 16.2. The van der Waals surface area contributed by atoms with Crippen molar-refractivity contribution in [2.45, 2.75) is 78.7 Å². The molecule has 2 amide bonds. The summed E-state index contributed by atoms with van der Waals surface area (Å²) in [5.41, 5.74) is 3.86. The van der Waals surface area contributed by atoms with Gasteiger partial charge in [-0.3, -0.25) is 19.4 Å². The number of aromatic amines is 1. The molecule has 176 valence electrons. The van der Waals surface area contributed by atoms with Gasteiger partial charge in [0.2, 0.25) is 5.91 Å². The van der Waals surface area contributed by atoms with Crippen LogP contribution in [-0.4, -0.2) is 33.6 Å². The highest BCUT2D eigenvalue weighted by Gasteiger charge is 2.36. The standard InChI is InChI=1S/C26H34N4O3/c1-5-17-18(7-6-12-27-17)29-24(32)19(11-10-16-8-9-16)30-25(33)23-15(2)22-20(28-23)13-26(3,4)14-21(22)31/h6-7,12,16,19,28H,5,8-11,13-14H2,1-4H3,(H,29,32)(H,30,33). The van der Waals surface area contributed by atoms with Crippen LogP contribution in [0, 0.1) is 18.3 Å². The van der Waals surface area contributed by atoms with Gasteiger partial charge >= 0.3 is 0 Å². The maximum atomic E-state index is 13.3. The van der Waals surface area contributed by atoms with Gasteiger partial charge in [-0.15, -0.1) is 0 Å². The molecule has 3 N–H and O–H groups in total. The third-order valence-corrected chi connectivity index (χ3v) is 6.79. The number of pyridine rings is 1. The van der Waals surface area contributed by atoms with Crippen LogP contribution in [0.15, 0.2) is 18.3 Å². The number of aromatic nitrogens is 2. The molecule has 7 nitrogen and oxygen atoms in total. The number of hydrogen-bond acceptors (Lipinski definition) is 4. The number of ketones is 1. The van der Waals surface area contributed by atoms with E-state index in [0.29, 0.717) is 54.1 Å².